The molecule has 1 aromatic heterocycles. The maximum atomic E-state index is 11.9. The van der Waals surface area contributed by atoms with Crippen LogP contribution in [-0.4, -0.2) is 53.4 Å². The van der Waals surface area contributed by atoms with Crippen molar-refractivity contribution in [2.75, 3.05) is 26.7 Å². The van der Waals surface area contributed by atoms with Crippen molar-refractivity contribution in [3.63, 3.8) is 0 Å². The number of rotatable bonds is 8. The molecule has 0 aliphatic carbocycles. The van der Waals surface area contributed by atoms with Crippen LogP contribution in [0.1, 0.15) is 39.4 Å². The van der Waals surface area contributed by atoms with E-state index in [1.54, 1.807) is 12.1 Å². The standard InChI is InChI=1S/C19H29N5O3/c1-19(2,3)27-18(25)20-12-8-14-23(4)13-7-11-17-21-15-9-5-6-10-16(15)24(26)22-17/h5-6,9-10H,7-8,11-14H2,1-4H3,(H,20,25). The molecule has 0 aliphatic rings. The molecule has 0 aliphatic heterocycles. The van der Waals surface area contributed by atoms with Gasteiger partial charge in [-0.05, 0) is 64.7 Å². The van der Waals surface area contributed by atoms with Crippen molar-refractivity contribution in [3.05, 3.63) is 35.3 Å². The molecule has 0 atom stereocenters. The number of ether oxygens (including phenoxy) is 1. The largest absolute Gasteiger partial charge is 0.594 e. The molecule has 0 radical (unpaired) electrons. The van der Waals surface area contributed by atoms with Crippen molar-refractivity contribution in [3.8, 4) is 0 Å². The molecule has 8 heteroatoms. The monoisotopic (exact) mass is 375 g/mol. The van der Waals surface area contributed by atoms with Crippen LogP contribution in [0.3, 0.4) is 0 Å². The summed E-state index contributed by atoms with van der Waals surface area (Å²) in [4.78, 5) is 18.8. The molecule has 0 saturated carbocycles. The third kappa shape index (κ3) is 7.34. The second-order valence-corrected chi connectivity index (χ2v) is 7.58. The van der Waals surface area contributed by atoms with Crippen LogP contribution in [0.4, 0.5) is 4.79 Å². The highest BCUT2D eigenvalue weighted by Crippen LogP contribution is 2.07. The highest BCUT2D eigenvalue weighted by molar-refractivity contribution is 5.70. The number of aromatic nitrogens is 3. The van der Waals surface area contributed by atoms with E-state index in [1.165, 1.54) is 0 Å². The van der Waals surface area contributed by atoms with Gasteiger partial charge < -0.3 is 20.2 Å². The zero-order valence-corrected chi connectivity index (χ0v) is 16.6. The molecule has 0 bridgehead atoms. The van der Waals surface area contributed by atoms with Gasteiger partial charge in [0.15, 0.2) is 5.82 Å². The highest BCUT2D eigenvalue weighted by Gasteiger charge is 2.15. The third-order valence-electron chi connectivity index (χ3n) is 3.87. The minimum Gasteiger partial charge on any atom is -0.594 e. The summed E-state index contributed by atoms with van der Waals surface area (Å²) in [5, 5.41) is 18.7. The lowest BCUT2D eigenvalue weighted by molar-refractivity contribution is -0.644. The number of benzene rings is 1. The Kier molecular flexibility index (Phi) is 7.29. The third-order valence-corrected chi connectivity index (χ3v) is 3.87. The van der Waals surface area contributed by atoms with Gasteiger partial charge in [0.1, 0.15) is 11.1 Å². The van der Waals surface area contributed by atoms with E-state index < -0.39 is 5.60 Å². The number of para-hydroxylation sites is 2. The Labute approximate surface area is 160 Å². The fraction of sp³-hybridized carbons (Fsp3) is 0.579. The second-order valence-electron chi connectivity index (χ2n) is 7.58. The van der Waals surface area contributed by atoms with Crippen molar-refractivity contribution in [2.24, 2.45) is 0 Å². The van der Waals surface area contributed by atoms with Crippen LogP contribution in [0.5, 0.6) is 0 Å². The zero-order valence-electron chi connectivity index (χ0n) is 16.6. The molecule has 2 aromatic rings. The van der Waals surface area contributed by atoms with Gasteiger partial charge in [-0.2, -0.15) is 0 Å². The second kappa shape index (κ2) is 9.45. The van der Waals surface area contributed by atoms with E-state index in [-0.39, 0.29) is 6.09 Å². The van der Waals surface area contributed by atoms with Crippen LogP contribution in [0.2, 0.25) is 0 Å². The number of nitrogens with one attached hydrogen (secondary N) is 1. The number of hydrogen-bond donors (Lipinski definition) is 1. The van der Waals surface area contributed by atoms with Crippen LogP contribution in [-0.2, 0) is 11.2 Å². The number of alkyl carbamates (subject to hydrolysis) is 1. The zero-order chi connectivity index (χ0) is 19.9. The van der Waals surface area contributed by atoms with Crippen LogP contribution in [0.15, 0.2) is 24.3 Å². The molecule has 148 valence electrons. The molecular weight excluding hydrogens is 346 g/mol. The van der Waals surface area contributed by atoms with Gasteiger partial charge in [0.05, 0.1) is 0 Å². The summed E-state index contributed by atoms with van der Waals surface area (Å²) in [5.41, 5.74) is 0.670. The summed E-state index contributed by atoms with van der Waals surface area (Å²) >= 11 is 0. The van der Waals surface area contributed by atoms with E-state index in [0.29, 0.717) is 34.7 Å². The van der Waals surface area contributed by atoms with Gasteiger partial charge in [-0.3, -0.25) is 0 Å². The number of nitrogens with zero attached hydrogens (tertiary/aromatic N) is 4. The average Bonchev–Trinajstić information content (AvgIpc) is 2.57. The molecule has 0 spiro atoms. The lowest BCUT2D eigenvalue weighted by atomic mass is 10.2. The predicted octanol–water partition coefficient (Wildman–Crippen LogP) is 2.04. The van der Waals surface area contributed by atoms with Crippen molar-refractivity contribution in [1.82, 2.24) is 20.3 Å². The van der Waals surface area contributed by atoms with E-state index in [9.17, 15) is 10.0 Å². The average molecular weight is 375 g/mol. The van der Waals surface area contributed by atoms with E-state index in [0.717, 1.165) is 25.9 Å². The number of fused-ring (bicyclic) bond motifs is 1. The van der Waals surface area contributed by atoms with E-state index in [2.05, 4.69) is 20.3 Å². The molecule has 0 fully saturated rings. The Balaban J connectivity index is 1.66. The number of carbonyl (C=O) groups excluding carboxylic acids is 1. The van der Waals surface area contributed by atoms with Crippen molar-refractivity contribution in [1.29, 1.82) is 0 Å². The SMILES string of the molecule is CN(CCCNC(=O)OC(C)(C)C)CCCc1nc2ccccc2[n+]([O-])n1. The molecule has 1 heterocycles. The molecular formula is C19H29N5O3. The summed E-state index contributed by atoms with van der Waals surface area (Å²) in [6, 6.07) is 7.19. The van der Waals surface area contributed by atoms with Crippen molar-refractivity contribution >= 4 is 17.1 Å². The number of aryl methyl sites for hydroxylation is 1. The minimum absolute atomic E-state index is 0.385. The highest BCUT2D eigenvalue weighted by atomic mass is 16.6. The van der Waals surface area contributed by atoms with Gasteiger partial charge in [-0.1, -0.05) is 12.1 Å². The summed E-state index contributed by atoms with van der Waals surface area (Å²) in [6.45, 7) is 7.82. The quantitative estimate of drug-likeness (QED) is 0.431. The summed E-state index contributed by atoms with van der Waals surface area (Å²) in [5.74, 6) is 0.559. The normalized spacial score (nSPS) is 11.7. The summed E-state index contributed by atoms with van der Waals surface area (Å²) in [7, 11) is 2.03. The Bertz CT molecular complexity index is 761. The minimum atomic E-state index is -0.478. The molecule has 1 aromatic carbocycles. The predicted molar refractivity (Wildman–Crippen MR) is 103 cm³/mol. The van der Waals surface area contributed by atoms with E-state index >= 15 is 0 Å². The van der Waals surface area contributed by atoms with Crippen LogP contribution in [0, 0.1) is 5.21 Å². The summed E-state index contributed by atoms with van der Waals surface area (Å²) < 4.78 is 5.19. The van der Waals surface area contributed by atoms with Crippen molar-refractivity contribution in [2.45, 2.75) is 45.6 Å². The Morgan fingerprint density at radius 1 is 1.26 bits per heavy atom. The first-order valence-electron chi connectivity index (χ1n) is 9.25. The lowest BCUT2D eigenvalue weighted by Gasteiger charge is -2.20. The molecule has 0 saturated heterocycles. The molecule has 0 unspecified atom stereocenters. The Hall–Kier alpha value is -2.48. The fourth-order valence-corrected chi connectivity index (χ4v) is 2.62. The van der Waals surface area contributed by atoms with E-state index in [1.807, 2.05) is 40.0 Å². The maximum absolute atomic E-state index is 11.9. The molecule has 2 rings (SSSR count). The summed E-state index contributed by atoms with van der Waals surface area (Å²) in [6.07, 6.45) is 1.95. The van der Waals surface area contributed by atoms with Gasteiger partial charge in [0, 0.05) is 24.1 Å². The van der Waals surface area contributed by atoms with Crippen LogP contribution >= 0.6 is 0 Å². The maximum Gasteiger partial charge on any atom is 0.407 e. The van der Waals surface area contributed by atoms with Crippen LogP contribution < -0.4 is 10.2 Å². The topological polar surface area (TPSA) is 94.3 Å². The van der Waals surface area contributed by atoms with Gasteiger partial charge in [0.2, 0.25) is 0 Å². The lowest BCUT2D eigenvalue weighted by Crippen LogP contribution is -2.34. The Morgan fingerprint density at radius 3 is 2.70 bits per heavy atom. The van der Waals surface area contributed by atoms with Crippen LogP contribution in [0.25, 0.3) is 11.0 Å². The smallest absolute Gasteiger partial charge is 0.407 e. The molecule has 27 heavy (non-hydrogen) atoms. The Morgan fingerprint density at radius 2 is 1.96 bits per heavy atom. The molecule has 8 nitrogen and oxygen atoms in total. The van der Waals surface area contributed by atoms with Gasteiger partial charge in [-0.25, -0.2) is 9.78 Å². The van der Waals surface area contributed by atoms with Gasteiger partial charge in [0.25, 0.3) is 5.52 Å². The molecule has 1 N–H and O–H groups in total. The van der Waals surface area contributed by atoms with E-state index in [4.69, 9.17) is 4.74 Å². The number of hydrogen-bond acceptors (Lipinski definition) is 6. The molecule has 1 amide bonds. The fourth-order valence-electron chi connectivity index (χ4n) is 2.62. The van der Waals surface area contributed by atoms with Crippen molar-refractivity contribution < 1.29 is 14.4 Å². The van der Waals surface area contributed by atoms with Gasteiger partial charge in [-0.15, -0.1) is 0 Å². The first-order chi connectivity index (χ1) is 12.7. The first-order valence-corrected chi connectivity index (χ1v) is 9.25. The number of amides is 1. The van der Waals surface area contributed by atoms with Gasteiger partial charge >= 0.3 is 6.09 Å². The number of carbonyl (C=O) groups is 1. The first kappa shape index (κ1) is 20.8.